The van der Waals surface area contributed by atoms with E-state index in [1.54, 1.807) is 6.07 Å². The number of rotatable bonds is 3. The number of allylic oxidation sites excluding steroid dienone is 2. The largest absolute Gasteiger partial charge is 0.274 e. The molecule has 1 heterocycles. The molecule has 0 aromatic carbocycles. The number of sulfonamides is 1. The summed E-state index contributed by atoms with van der Waals surface area (Å²) in [6, 6.07) is 3.38. The van der Waals surface area contributed by atoms with Crippen LogP contribution in [0.2, 0.25) is 0 Å². The minimum atomic E-state index is -3.75. The van der Waals surface area contributed by atoms with Gasteiger partial charge in [0.2, 0.25) is 5.91 Å². The van der Waals surface area contributed by atoms with Crippen LogP contribution >= 0.6 is 11.3 Å². The predicted octanol–water partition coefficient (Wildman–Crippen LogP) is 3.21. The van der Waals surface area contributed by atoms with Crippen LogP contribution in [-0.2, 0) is 20.2 Å². The molecule has 4 nitrogen and oxygen atoms in total. The van der Waals surface area contributed by atoms with Crippen molar-refractivity contribution in [2.24, 2.45) is 5.92 Å². The van der Waals surface area contributed by atoms with Crippen LogP contribution in [0.3, 0.4) is 0 Å². The Bertz CT molecular complexity index is 651. The second-order valence-corrected chi connectivity index (χ2v) is 9.31. The van der Waals surface area contributed by atoms with Gasteiger partial charge in [-0.2, -0.15) is 0 Å². The number of hydrogen-bond acceptors (Lipinski definition) is 4. The lowest BCUT2D eigenvalue weighted by molar-refractivity contribution is -0.123. The van der Waals surface area contributed by atoms with Crippen LogP contribution < -0.4 is 4.72 Å². The van der Waals surface area contributed by atoms with Gasteiger partial charge in [0.1, 0.15) is 4.21 Å². The van der Waals surface area contributed by atoms with E-state index in [1.807, 2.05) is 39.0 Å². The van der Waals surface area contributed by atoms with Gasteiger partial charge < -0.3 is 0 Å². The fraction of sp³-hybridized carbons (Fsp3) is 0.533. The molecule has 0 aliphatic heterocycles. The molecule has 0 bridgehead atoms. The van der Waals surface area contributed by atoms with Crippen LogP contribution in [0.1, 0.15) is 44.9 Å². The van der Waals surface area contributed by atoms with Gasteiger partial charge in [-0.15, -0.1) is 11.3 Å². The maximum absolute atomic E-state index is 12.3. The lowest BCUT2D eigenvalue weighted by Gasteiger charge is -2.17. The molecule has 0 saturated heterocycles. The van der Waals surface area contributed by atoms with E-state index in [4.69, 9.17) is 0 Å². The van der Waals surface area contributed by atoms with Crippen LogP contribution in [0.15, 0.2) is 28.5 Å². The highest BCUT2D eigenvalue weighted by Crippen LogP contribution is 2.31. The Hall–Kier alpha value is -1.14. The quantitative estimate of drug-likeness (QED) is 0.867. The van der Waals surface area contributed by atoms with Gasteiger partial charge in [-0.05, 0) is 36.8 Å². The van der Waals surface area contributed by atoms with E-state index >= 15 is 0 Å². The van der Waals surface area contributed by atoms with Crippen molar-refractivity contribution in [3.05, 3.63) is 29.2 Å². The van der Waals surface area contributed by atoms with Crippen molar-refractivity contribution in [3.63, 3.8) is 0 Å². The molecule has 1 aromatic rings. The van der Waals surface area contributed by atoms with Crippen LogP contribution in [0.5, 0.6) is 0 Å². The maximum atomic E-state index is 12.3. The van der Waals surface area contributed by atoms with Gasteiger partial charge in [0.25, 0.3) is 10.0 Å². The summed E-state index contributed by atoms with van der Waals surface area (Å²) in [5, 5.41) is 0. The Balaban J connectivity index is 2.13. The molecular formula is C15H21NO3S2. The first-order chi connectivity index (χ1) is 9.70. The molecular weight excluding hydrogens is 306 g/mol. The maximum Gasteiger partial charge on any atom is 0.273 e. The Labute approximate surface area is 130 Å². The third-order valence-corrected chi connectivity index (χ3v) is 6.81. The number of carbonyl (C=O) groups is 1. The summed E-state index contributed by atoms with van der Waals surface area (Å²) in [4.78, 5) is 13.1. The molecule has 1 aliphatic carbocycles. The molecule has 1 aliphatic rings. The van der Waals surface area contributed by atoms with Crippen molar-refractivity contribution in [1.29, 1.82) is 0 Å². The zero-order valence-corrected chi connectivity index (χ0v) is 14.2. The average Bonchev–Trinajstić information content (AvgIpc) is 2.89. The minimum absolute atomic E-state index is 0.101. The zero-order valence-electron chi connectivity index (χ0n) is 12.5. The molecule has 1 N–H and O–H groups in total. The van der Waals surface area contributed by atoms with Gasteiger partial charge in [-0.1, -0.05) is 32.9 Å². The summed E-state index contributed by atoms with van der Waals surface area (Å²) in [6.07, 6.45) is 6.09. The van der Waals surface area contributed by atoms with Crippen molar-refractivity contribution in [1.82, 2.24) is 4.72 Å². The number of amides is 1. The van der Waals surface area contributed by atoms with Crippen LogP contribution in [0.4, 0.5) is 0 Å². The van der Waals surface area contributed by atoms with Gasteiger partial charge in [-0.3, -0.25) is 4.79 Å². The first-order valence-electron chi connectivity index (χ1n) is 7.02. The molecule has 0 spiro atoms. The monoisotopic (exact) mass is 327 g/mol. The smallest absolute Gasteiger partial charge is 0.273 e. The second-order valence-electron chi connectivity index (χ2n) is 6.32. The van der Waals surface area contributed by atoms with Crippen molar-refractivity contribution in [2.75, 3.05) is 0 Å². The third kappa shape index (κ3) is 3.95. The third-order valence-electron chi connectivity index (χ3n) is 3.46. The first-order valence-corrected chi connectivity index (χ1v) is 9.32. The van der Waals surface area contributed by atoms with Gasteiger partial charge >= 0.3 is 0 Å². The van der Waals surface area contributed by atoms with Gasteiger partial charge in [0, 0.05) is 10.8 Å². The van der Waals surface area contributed by atoms with Gasteiger partial charge in [0.05, 0.1) is 0 Å². The number of hydrogen-bond donors (Lipinski definition) is 1. The second kappa shape index (κ2) is 5.93. The Morgan fingerprint density at radius 2 is 2.00 bits per heavy atom. The van der Waals surface area contributed by atoms with Crippen LogP contribution in [-0.4, -0.2) is 14.3 Å². The molecule has 0 fully saturated rings. The Morgan fingerprint density at radius 1 is 1.29 bits per heavy atom. The normalized spacial score (nSPS) is 19.5. The predicted molar refractivity (Wildman–Crippen MR) is 84.8 cm³/mol. The summed E-state index contributed by atoms with van der Waals surface area (Å²) in [5.41, 5.74) is -0.101. The lowest BCUT2D eigenvalue weighted by atomic mass is 9.94. The summed E-state index contributed by atoms with van der Waals surface area (Å²) >= 11 is 1.22. The van der Waals surface area contributed by atoms with Crippen LogP contribution in [0, 0.1) is 5.92 Å². The molecule has 1 amide bonds. The van der Waals surface area contributed by atoms with Crippen molar-refractivity contribution >= 4 is 27.3 Å². The van der Waals surface area contributed by atoms with E-state index in [2.05, 4.69) is 4.72 Å². The Kier molecular flexibility index (Phi) is 4.58. The first kappa shape index (κ1) is 16.2. The van der Waals surface area contributed by atoms with Crippen molar-refractivity contribution < 1.29 is 13.2 Å². The van der Waals surface area contributed by atoms with E-state index in [1.165, 1.54) is 11.3 Å². The highest BCUT2D eigenvalue weighted by Gasteiger charge is 2.27. The van der Waals surface area contributed by atoms with Crippen molar-refractivity contribution in [2.45, 2.75) is 49.7 Å². The van der Waals surface area contributed by atoms with E-state index in [9.17, 15) is 13.2 Å². The van der Waals surface area contributed by atoms with E-state index < -0.39 is 15.9 Å². The standard InChI is InChI=1S/C15H21NO3S2/c1-15(2,3)12-9-10-13(20-12)21(18,19)16-14(17)11-7-5-4-6-8-11/h4-5,9-11H,6-8H2,1-3H3,(H,16,17). The summed E-state index contributed by atoms with van der Waals surface area (Å²) in [5.74, 6) is -0.642. The molecule has 1 unspecified atom stereocenters. The summed E-state index contributed by atoms with van der Waals surface area (Å²) in [6.45, 7) is 6.09. The topological polar surface area (TPSA) is 63.2 Å². The highest BCUT2D eigenvalue weighted by atomic mass is 32.2. The van der Waals surface area contributed by atoms with E-state index in [0.29, 0.717) is 12.8 Å². The minimum Gasteiger partial charge on any atom is -0.274 e. The fourth-order valence-corrected chi connectivity index (χ4v) is 4.57. The molecule has 1 aromatic heterocycles. The molecule has 2 rings (SSSR count). The lowest BCUT2D eigenvalue weighted by Crippen LogP contribution is -2.35. The highest BCUT2D eigenvalue weighted by molar-refractivity contribution is 7.92. The average molecular weight is 327 g/mol. The zero-order chi connectivity index (χ0) is 15.7. The van der Waals surface area contributed by atoms with Crippen LogP contribution in [0.25, 0.3) is 0 Å². The molecule has 21 heavy (non-hydrogen) atoms. The molecule has 116 valence electrons. The molecule has 6 heteroatoms. The molecule has 0 radical (unpaired) electrons. The van der Waals surface area contributed by atoms with E-state index in [0.717, 1.165) is 11.3 Å². The SMILES string of the molecule is CC(C)(C)c1ccc(S(=O)(=O)NC(=O)C2CC=CCC2)s1. The van der Waals surface area contributed by atoms with Crippen molar-refractivity contribution in [3.8, 4) is 0 Å². The summed E-state index contributed by atoms with van der Waals surface area (Å²) < 4.78 is 27.0. The fourth-order valence-electron chi connectivity index (χ4n) is 2.17. The number of carbonyl (C=O) groups excluding carboxylic acids is 1. The molecule has 0 saturated carbocycles. The number of nitrogens with one attached hydrogen (secondary N) is 1. The Morgan fingerprint density at radius 3 is 2.52 bits per heavy atom. The molecule has 1 atom stereocenters. The van der Waals surface area contributed by atoms with Gasteiger partial charge in [0.15, 0.2) is 0 Å². The summed E-state index contributed by atoms with van der Waals surface area (Å²) in [7, 11) is -3.75. The number of thiophene rings is 1. The van der Waals surface area contributed by atoms with E-state index in [-0.39, 0.29) is 15.5 Å². The van der Waals surface area contributed by atoms with Gasteiger partial charge in [-0.25, -0.2) is 13.1 Å².